The Hall–Kier alpha value is -2.37. The molecule has 1 aromatic heterocycles. The zero-order chi connectivity index (χ0) is 13.7. The second-order valence-corrected chi connectivity index (χ2v) is 3.73. The van der Waals surface area contributed by atoms with Crippen molar-refractivity contribution in [3.63, 3.8) is 0 Å². The minimum atomic E-state index is -1.11. The molecule has 6 nitrogen and oxygen atoms in total. The van der Waals surface area contributed by atoms with Gasteiger partial charge in [0.05, 0.1) is 0 Å². The third-order valence-electron chi connectivity index (χ3n) is 2.28. The summed E-state index contributed by atoms with van der Waals surface area (Å²) in [6.45, 7) is 4.56. The Balaban J connectivity index is 2.90. The highest BCUT2D eigenvalue weighted by Gasteiger charge is 2.19. The van der Waals surface area contributed by atoms with Crippen molar-refractivity contribution < 1.29 is 19.5 Å². The second-order valence-electron chi connectivity index (χ2n) is 3.73. The molecule has 0 aromatic carbocycles. The molecule has 0 atom stereocenters. The molecular formula is C12H14N2O4. The minimum absolute atomic E-state index is 0.125. The number of hydrogen-bond acceptors (Lipinski definition) is 3. The SMILES string of the molecule is C=CCN(CC(=O)O)C(=O)c1cc(C(C)=O)c[nH]1. The van der Waals surface area contributed by atoms with E-state index < -0.39 is 18.4 Å². The van der Waals surface area contributed by atoms with Gasteiger partial charge in [-0.3, -0.25) is 14.4 Å². The normalized spacial score (nSPS) is 9.83. The van der Waals surface area contributed by atoms with E-state index in [1.165, 1.54) is 25.3 Å². The number of ketones is 1. The number of H-pyrrole nitrogens is 1. The maximum absolute atomic E-state index is 12.0. The van der Waals surface area contributed by atoms with E-state index in [1.54, 1.807) is 0 Å². The summed E-state index contributed by atoms with van der Waals surface area (Å²) in [6, 6.07) is 1.41. The molecule has 2 N–H and O–H groups in total. The van der Waals surface area contributed by atoms with Crippen LogP contribution in [0.15, 0.2) is 24.9 Å². The number of carboxylic acids is 1. The molecule has 1 rings (SSSR count). The molecule has 18 heavy (non-hydrogen) atoms. The average Bonchev–Trinajstić information content (AvgIpc) is 2.76. The first-order valence-corrected chi connectivity index (χ1v) is 5.27. The van der Waals surface area contributed by atoms with Crippen LogP contribution < -0.4 is 0 Å². The van der Waals surface area contributed by atoms with E-state index in [1.807, 2.05) is 0 Å². The number of carbonyl (C=O) groups is 3. The molecule has 0 spiro atoms. The van der Waals surface area contributed by atoms with Gasteiger partial charge in [0, 0.05) is 18.3 Å². The van der Waals surface area contributed by atoms with Gasteiger partial charge in [0.2, 0.25) is 0 Å². The number of aromatic nitrogens is 1. The van der Waals surface area contributed by atoms with Crippen LogP contribution in [-0.2, 0) is 4.79 Å². The van der Waals surface area contributed by atoms with E-state index >= 15 is 0 Å². The molecule has 0 unspecified atom stereocenters. The Morgan fingerprint density at radius 1 is 1.50 bits per heavy atom. The Morgan fingerprint density at radius 3 is 2.61 bits per heavy atom. The zero-order valence-electron chi connectivity index (χ0n) is 9.97. The van der Waals surface area contributed by atoms with Crippen LogP contribution in [0.5, 0.6) is 0 Å². The summed E-state index contributed by atoms with van der Waals surface area (Å²) in [4.78, 5) is 37.5. The molecule has 0 fully saturated rings. The molecule has 1 aromatic rings. The molecular weight excluding hydrogens is 236 g/mol. The lowest BCUT2D eigenvalue weighted by Gasteiger charge is -2.17. The number of nitrogens with zero attached hydrogens (tertiary/aromatic N) is 1. The molecule has 0 aliphatic rings. The summed E-state index contributed by atoms with van der Waals surface area (Å²) < 4.78 is 0. The molecule has 0 bridgehead atoms. The predicted octanol–water partition coefficient (Wildman–Crippen LogP) is 0.930. The Kier molecular flexibility index (Phi) is 4.42. The monoisotopic (exact) mass is 250 g/mol. The lowest BCUT2D eigenvalue weighted by Crippen LogP contribution is -2.35. The summed E-state index contributed by atoms with van der Waals surface area (Å²) in [5.41, 5.74) is 0.565. The summed E-state index contributed by atoms with van der Waals surface area (Å²) in [5, 5.41) is 8.71. The van der Waals surface area contributed by atoms with Crippen molar-refractivity contribution in [2.75, 3.05) is 13.1 Å². The van der Waals surface area contributed by atoms with E-state index in [0.717, 1.165) is 4.90 Å². The summed E-state index contributed by atoms with van der Waals surface area (Å²) in [6.07, 6.45) is 2.86. The number of aromatic amines is 1. The first kappa shape index (κ1) is 13.7. The van der Waals surface area contributed by atoms with Gasteiger partial charge >= 0.3 is 5.97 Å². The Labute approximate surface area is 104 Å². The van der Waals surface area contributed by atoms with Crippen molar-refractivity contribution in [1.29, 1.82) is 0 Å². The van der Waals surface area contributed by atoms with Gasteiger partial charge in [-0.2, -0.15) is 0 Å². The summed E-state index contributed by atoms with van der Waals surface area (Å²) in [7, 11) is 0. The fourth-order valence-electron chi connectivity index (χ4n) is 1.43. The Morgan fingerprint density at radius 2 is 2.17 bits per heavy atom. The molecule has 1 heterocycles. The van der Waals surface area contributed by atoms with Crippen molar-refractivity contribution in [1.82, 2.24) is 9.88 Å². The number of aliphatic carboxylic acids is 1. The zero-order valence-corrected chi connectivity index (χ0v) is 9.97. The fourth-order valence-corrected chi connectivity index (χ4v) is 1.43. The van der Waals surface area contributed by atoms with Gasteiger partial charge in [0.15, 0.2) is 5.78 Å². The van der Waals surface area contributed by atoms with Crippen molar-refractivity contribution in [3.8, 4) is 0 Å². The minimum Gasteiger partial charge on any atom is -0.480 e. The van der Waals surface area contributed by atoms with Gasteiger partial charge in [-0.15, -0.1) is 6.58 Å². The largest absolute Gasteiger partial charge is 0.480 e. The van der Waals surface area contributed by atoms with Gasteiger partial charge in [-0.1, -0.05) is 6.08 Å². The van der Waals surface area contributed by atoms with Crippen molar-refractivity contribution in [3.05, 3.63) is 36.2 Å². The molecule has 0 aliphatic heterocycles. The van der Waals surface area contributed by atoms with Crippen LogP contribution in [-0.4, -0.2) is 45.7 Å². The van der Waals surface area contributed by atoms with Gasteiger partial charge in [-0.25, -0.2) is 0 Å². The molecule has 0 aliphatic carbocycles. The standard InChI is InChI=1S/C12H14N2O4/c1-3-4-14(7-11(16)17)12(18)10-5-9(6-13-10)8(2)15/h3,5-6,13H,1,4,7H2,2H3,(H,16,17). The fraction of sp³-hybridized carbons (Fsp3) is 0.250. The maximum atomic E-state index is 12.0. The van der Waals surface area contributed by atoms with E-state index in [0.29, 0.717) is 5.56 Å². The second kappa shape index (κ2) is 5.81. The number of hydrogen-bond donors (Lipinski definition) is 2. The van der Waals surface area contributed by atoms with Crippen LogP contribution in [0.1, 0.15) is 27.8 Å². The molecule has 96 valence electrons. The quantitative estimate of drug-likeness (QED) is 0.580. The lowest BCUT2D eigenvalue weighted by molar-refractivity contribution is -0.137. The summed E-state index contributed by atoms with van der Waals surface area (Å²) >= 11 is 0. The number of carboxylic acid groups (broad SMARTS) is 1. The Bertz CT molecular complexity index is 490. The van der Waals surface area contributed by atoms with Gasteiger partial charge in [-0.05, 0) is 13.0 Å². The first-order valence-electron chi connectivity index (χ1n) is 5.27. The third-order valence-corrected chi connectivity index (χ3v) is 2.28. The van der Waals surface area contributed by atoms with Gasteiger partial charge in [0.25, 0.3) is 5.91 Å². The van der Waals surface area contributed by atoms with Crippen LogP contribution in [0.3, 0.4) is 0 Å². The van der Waals surface area contributed by atoms with Crippen LogP contribution in [0, 0.1) is 0 Å². The molecule has 0 saturated heterocycles. The van der Waals surface area contributed by atoms with E-state index in [2.05, 4.69) is 11.6 Å². The van der Waals surface area contributed by atoms with Gasteiger partial charge in [0.1, 0.15) is 12.2 Å². The van der Waals surface area contributed by atoms with Crippen LogP contribution in [0.2, 0.25) is 0 Å². The number of Topliss-reactive ketones (excluding diaryl/α,β-unsaturated/α-hetero) is 1. The highest BCUT2D eigenvalue weighted by Crippen LogP contribution is 2.08. The highest BCUT2D eigenvalue weighted by atomic mass is 16.4. The van der Waals surface area contributed by atoms with Crippen LogP contribution in [0.4, 0.5) is 0 Å². The van der Waals surface area contributed by atoms with Gasteiger partial charge < -0.3 is 15.0 Å². The molecule has 6 heteroatoms. The number of carbonyl (C=O) groups excluding carboxylic acids is 2. The van der Waals surface area contributed by atoms with Crippen molar-refractivity contribution in [2.24, 2.45) is 0 Å². The van der Waals surface area contributed by atoms with E-state index in [-0.39, 0.29) is 18.0 Å². The number of rotatable bonds is 6. The van der Waals surface area contributed by atoms with Crippen LogP contribution >= 0.6 is 0 Å². The number of nitrogens with one attached hydrogen (secondary N) is 1. The highest BCUT2D eigenvalue weighted by molar-refractivity contribution is 5.99. The number of amides is 1. The first-order chi connectivity index (χ1) is 8.45. The molecule has 0 radical (unpaired) electrons. The van der Waals surface area contributed by atoms with E-state index in [4.69, 9.17) is 5.11 Å². The predicted molar refractivity (Wildman–Crippen MR) is 64.5 cm³/mol. The molecule has 0 saturated carbocycles. The van der Waals surface area contributed by atoms with E-state index in [9.17, 15) is 14.4 Å². The van der Waals surface area contributed by atoms with Crippen molar-refractivity contribution >= 4 is 17.7 Å². The third kappa shape index (κ3) is 3.31. The van der Waals surface area contributed by atoms with Crippen molar-refractivity contribution in [2.45, 2.75) is 6.92 Å². The summed E-state index contributed by atoms with van der Waals surface area (Å²) in [5.74, 6) is -1.76. The lowest BCUT2D eigenvalue weighted by atomic mass is 10.2. The topological polar surface area (TPSA) is 90.5 Å². The molecule has 1 amide bonds. The van der Waals surface area contributed by atoms with Crippen LogP contribution in [0.25, 0.3) is 0 Å². The average molecular weight is 250 g/mol. The maximum Gasteiger partial charge on any atom is 0.323 e. The smallest absolute Gasteiger partial charge is 0.323 e.